The minimum atomic E-state index is -3.38. The van der Waals surface area contributed by atoms with Crippen LogP contribution in [0.15, 0.2) is 0 Å². The summed E-state index contributed by atoms with van der Waals surface area (Å²) in [5.74, 6) is 0. The van der Waals surface area contributed by atoms with Gasteiger partial charge in [0.2, 0.25) is 10.0 Å². The molecule has 0 aliphatic heterocycles. The van der Waals surface area contributed by atoms with Crippen molar-refractivity contribution >= 4 is 27.2 Å². The molecule has 0 aromatic carbocycles. The molecule has 0 aromatic rings. The van der Waals surface area contributed by atoms with E-state index in [2.05, 4.69) is 0 Å². The maximum Gasteiger partial charge on any atom is 0.223 e. The van der Waals surface area contributed by atoms with E-state index >= 15 is 0 Å². The minimum Gasteiger partial charge on any atom is -0.392 e. The highest BCUT2D eigenvalue weighted by atomic mass is 32.2. The fourth-order valence-electron chi connectivity index (χ4n) is 2.36. The smallest absolute Gasteiger partial charge is 0.223 e. The van der Waals surface area contributed by atoms with Crippen LogP contribution in [0.5, 0.6) is 0 Å². The third-order valence-electron chi connectivity index (χ3n) is 3.47. The van der Waals surface area contributed by atoms with Gasteiger partial charge in [-0.15, -0.1) is 0 Å². The first-order valence-corrected chi connectivity index (χ1v) is 8.12. The van der Waals surface area contributed by atoms with E-state index in [0.717, 1.165) is 25.7 Å². The summed E-state index contributed by atoms with van der Waals surface area (Å²) >= 11 is 4.81. The van der Waals surface area contributed by atoms with Crippen molar-refractivity contribution in [2.75, 3.05) is 6.54 Å². The summed E-state index contributed by atoms with van der Waals surface area (Å²) in [6.07, 6.45) is 5.34. The largest absolute Gasteiger partial charge is 0.392 e. The number of sulfonamides is 1. The maximum absolute atomic E-state index is 12.4. The van der Waals surface area contributed by atoms with Gasteiger partial charge in [-0.1, -0.05) is 38.4 Å². The second-order valence-electron chi connectivity index (χ2n) is 4.58. The highest BCUT2D eigenvalue weighted by molar-refractivity contribution is 7.92. The van der Waals surface area contributed by atoms with E-state index < -0.39 is 15.3 Å². The van der Waals surface area contributed by atoms with Gasteiger partial charge in [0.1, 0.15) is 5.25 Å². The van der Waals surface area contributed by atoms with Crippen molar-refractivity contribution in [3.05, 3.63) is 0 Å². The van der Waals surface area contributed by atoms with Crippen molar-refractivity contribution in [1.82, 2.24) is 4.31 Å². The highest BCUT2D eigenvalue weighted by Gasteiger charge is 2.34. The quantitative estimate of drug-likeness (QED) is 0.777. The van der Waals surface area contributed by atoms with Crippen molar-refractivity contribution < 1.29 is 8.42 Å². The third-order valence-corrected chi connectivity index (χ3v) is 6.33. The predicted molar refractivity (Wildman–Crippen MR) is 74.4 cm³/mol. The Morgan fingerprint density at radius 3 is 2.35 bits per heavy atom. The standard InChI is InChI=1S/C11H22N2O2S2/c1-3-13(10-7-5-4-6-8-10)17(14,15)9(2)11(12)16/h9-10H,3-8H2,1-2H3,(H2,12,16). The molecular formula is C11H22N2O2S2. The summed E-state index contributed by atoms with van der Waals surface area (Å²) in [5.41, 5.74) is 5.47. The van der Waals surface area contributed by atoms with Crippen LogP contribution in [0.2, 0.25) is 0 Å². The highest BCUT2D eigenvalue weighted by Crippen LogP contribution is 2.26. The van der Waals surface area contributed by atoms with Crippen LogP contribution in [0.1, 0.15) is 46.0 Å². The van der Waals surface area contributed by atoms with Gasteiger partial charge in [0, 0.05) is 12.6 Å². The van der Waals surface area contributed by atoms with Crippen molar-refractivity contribution in [2.45, 2.75) is 57.2 Å². The van der Waals surface area contributed by atoms with E-state index in [1.807, 2.05) is 6.92 Å². The van der Waals surface area contributed by atoms with Crippen LogP contribution in [-0.2, 0) is 10.0 Å². The first-order valence-electron chi connectivity index (χ1n) is 6.21. The van der Waals surface area contributed by atoms with Gasteiger partial charge in [-0.25, -0.2) is 8.42 Å². The summed E-state index contributed by atoms with van der Waals surface area (Å²) < 4.78 is 26.3. The lowest BCUT2D eigenvalue weighted by molar-refractivity contribution is 0.260. The summed E-state index contributed by atoms with van der Waals surface area (Å²) in [7, 11) is -3.38. The van der Waals surface area contributed by atoms with Gasteiger partial charge >= 0.3 is 0 Å². The van der Waals surface area contributed by atoms with Crippen molar-refractivity contribution in [3.63, 3.8) is 0 Å². The Kier molecular flexibility index (Phi) is 5.34. The van der Waals surface area contributed by atoms with E-state index in [1.54, 1.807) is 11.2 Å². The van der Waals surface area contributed by atoms with Gasteiger partial charge < -0.3 is 5.73 Å². The summed E-state index contributed by atoms with van der Waals surface area (Å²) in [6, 6.07) is 0.135. The molecule has 2 N–H and O–H groups in total. The lowest BCUT2D eigenvalue weighted by Gasteiger charge is -2.34. The molecule has 0 radical (unpaired) electrons. The SMILES string of the molecule is CCN(C1CCCCC1)S(=O)(=O)C(C)C(N)=S. The Hall–Kier alpha value is -0.200. The molecule has 0 amide bonds. The fraction of sp³-hybridized carbons (Fsp3) is 0.909. The first kappa shape index (κ1) is 14.9. The van der Waals surface area contributed by atoms with Crippen molar-refractivity contribution in [3.8, 4) is 0 Å². The second-order valence-corrected chi connectivity index (χ2v) is 7.26. The molecule has 0 aromatic heterocycles. The zero-order valence-corrected chi connectivity index (χ0v) is 12.2. The number of hydrogen-bond donors (Lipinski definition) is 1. The number of nitrogens with two attached hydrogens (primary N) is 1. The van der Waals surface area contributed by atoms with Gasteiger partial charge in [-0.05, 0) is 19.8 Å². The lowest BCUT2D eigenvalue weighted by atomic mass is 9.95. The average molecular weight is 278 g/mol. The fourth-order valence-corrected chi connectivity index (χ4v) is 4.42. The summed E-state index contributed by atoms with van der Waals surface area (Å²) in [4.78, 5) is 0.0549. The van der Waals surface area contributed by atoms with Gasteiger partial charge in [0.25, 0.3) is 0 Å². The van der Waals surface area contributed by atoms with Crippen molar-refractivity contribution in [2.24, 2.45) is 5.73 Å². The maximum atomic E-state index is 12.4. The van der Waals surface area contributed by atoms with Crippen LogP contribution in [0.4, 0.5) is 0 Å². The normalized spacial score (nSPS) is 20.4. The van der Waals surface area contributed by atoms with E-state index in [0.29, 0.717) is 6.54 Å². The Balaban J connectivity index is 2.88. The molecule has 17 heavy (non-hydrogen) atoms. The lowest BCUT2D eigenvalue weighted by Crippen LogP contribution is -2.48. The number of thiocarbonyl (C=S) groups is 1. The molecule has 0 heterocycles. The molecule has 1 unspecified atom stereocenters. The number of nitrogens with zero attached hydrogens (tertiary/aromatic N) is 1. The molecule has 0 saturated heterocycles. The molecule has 1 aliphatic carbocycles. The Labute approximate surface area is 110 Å². The van der Waals surface area contributed by atoms with Crippen LogP contribution in [0.3, 0.4) is 0 Å². The predicted octanol–water partition coefficient (Wildman–Crippen LogP) is 1.65. The van der Waals surface area contributed by atoms with Crippen LogP contribution < -0.4 is 5.73 Å². The first-order chi connectivity index (χ1) is 7.91. The molecule has 4 nitrogen and oxygen atoms in total. The van der Waals surface area contributed by atoms with Crippen LogP contribution >= 0.6 is 12.2 Å². The third kappa shape index (κ3) is 3.39. The molecule has 1 atom stereocenters. The van der Waals surface area contributed by atoms with Crippen LogP contribution in [0, 0.1) is 0 Å². The van der Waals surface area contributed by atoms with E-state index in [9.17, 15) is 8.42 Å². The summed E-state index contributed by atoms with van der Waals surface area (Å²) in [6.45, 7) is 3.95. The van der Waals surface area contributed by atoms with E-state index in [1.165, 1.54) is 6.42 Å². The van der Waals surface area contributed by atoms with Gasteiger partial charge in [0.05, 0.1) is 4.99 Å². The molecule has 1 fully saturated rings. The molecule has 1 aliphatic rings. The van der Waals surface area contributed by atoms with Gasteiger partial charge in [0.15, 0.2) is 0 Å². The molecular weight excluding hydrogens is 256 g/mol. The van der Waals surface area contributed by atoms with Crippen LogP contribution in [-0.4, -0.2) is 35.5 Å². The van der Waals surface area contributed by atoms with E-state index in [-0.39, 0.29) is 11.0 Å². The zero-order chi connectivity index (χ0) is 13.1. The second kappa shape index (κ2) is 6.11. The summed E-state index contributed by atoms with van der Waals surface area (Å²) in [5, 5.41) is -0.764. The molecule has 0 spiro atoms. The Morgan fingerprint density at radius 1 is 1.41 bits per heavy atom. The molecule has 1 saturated carbocycles. The number of hydrogen-bond acceptors (Lipinski definition) is 3. The molecule has 1 rings (SSSR count). The van der Waals surface area contributed by atoms with Gasteiger partial charge in [-0.2, -0.15) is 4.31 Å². The molecule has 0 bridgehead atoms. The van der Waals surface area contributed by atoms with Gasteiger partial charge in [-0.3, -0.25) is 0 Å². The number of rotatable bonds is 5. The van der Waals surface area contributed by atoms with E-state index in [4.69, 9.17) is 18.0 Å². The zero-order valence-electron chi connectivity index (χ0n) is 10.6. The molecule has 6 heteroatoms. The Bertz CT molecular complexity index is 362. The minimum absolute atomic E-state index is 0.0549. The average Bonchev–Trinajstić information content (AvgIpc) is 2.29. The Morgan fingerprint density at radius 2 is 1.94 bits per heavy atom. The van der Waals surface area contributed by atoms with Crippen LogP contribution in [0.25, 0.3) is 0 Å². The molecule has 100 valence electrons. The van der Waals surface area contributed by atoms with Crippen molar-refractivity contribution in [1.29, 1.82) is 0 Å². The monoisotopic (exact) mass is 278 g/mol. The topological polar surface area (TPSA) is 63.4 Å².